The molecule has 138 valence electrons. The fourth-order valence-corrected chi connectivity index (χ4v) is 3.06. The molecule has 0 spiro atoms. The van der Waals surface area contributed by atoms with Gasteiger partial charge in [0.1, 0.15) is 5.82 Å². The summed E-state index contributed by atoms with van der Waals surface area (Å²) in [4.78, 5) is 20.6. The maximum Gasteiger partial charge on any atom is 0.263 e. The molecule has 1 amide bonds. The summed E-state index contributed by atoms with van der Waals surface area (Å²) in [6.45, 7) is 6.10. The zero-order valence-corrected chi connectivity index (χ0v) is 14.8. The number of hydrogen-bond donors (Lipinski definition) is 0. The van der Waals surface area contributed by atoms with Crippen molar-refractivity contribution in [1.29, 1.82) is 0 Å². The molecule has 1 atom stereocenters. The fourth-order valence-electron chi connectivity index (χ4n) is 3.06. The van der Waals surface area contributed by atoms with Crippen LogP contribution in [-0.2, 0) is 4.79 Å². The fraction of sp³-hybridized carbons (Fsp3) is 0.368. The van der Waals surface area contributed by atoms with Crippen LogP contribution in [0, 0.1) is 18.6 Å². The lowest BCUT2D eigenvalue weighted by molar-refractivity contribution is -0.138. The highest BCUT2D eigenvalue weighted by atomic mass is 19.1. The molecule has 5 nitrogen and oxygen atoms in total. The van der Waals surface area contributed by atoms with E-state index in [2.05, 4.69) is 9.88 Å². The molecule has 1 aliphatic heterocycles. The van der Waals surface area contributed by atoms with Crippen molar-refractivity contribution in [3.8, 4) is 5.75 Å². The largest absolute Gasteiger partial charge is 0.478 e. The molecule has 7 heteroatoms. The lowest BCUT2D eigenvalue weighted by atomic mass is 10.2. The molecule has 1 aromatic heterocycles. The van der Waals surface area contributed by atoms with Crippen LogP contribution in [0.1, 0.15) is 12.5 Å². The van der Waals surface area contributed by atoms with Crippen LogP contribution < -0.4 is 9.64 Å². The summed E-state index contributed by atoms with van der Waals surface area (Å²) in [6.07, 6.45) is 2.73. The predicted octanol–water partition coefficient (Wildman–Crippen LogP) is 2.78. The highest BCUT2D eigenvalue weighted by Crippen LogP contribution is 2.22. The van der Waals surface area contributed by atoms with Crippen molar-refractivity contribution >= 4 is 11.6 Å². The Balaban J connectivity index is 1.58. The highest BCUT2D eigenvalue weighted by Gasteiger charge is 2.27. The third-order valence-corrected chi connectivity index (χ3v) is 4.47. The monoisotopic (exact) mass is 361 g/mol. The molecular weight excluding hydrogens is 340 g/mol. The Morgan fingerprint density at radius 1 is 1.19 bits per heavy atom. The minimum absolute atomic E-state index is 0.127. The van der Waals surface area contributed by atoms with Gasteiger partial charge in [-0.15, -0.1) is 0 Å². The second kappa shape index (κ2) is 7.68. The molecule has 1 aromatic carbocycles. The molecule has 2 aromatic rings. The number of hydrogen-bond acceptors (Lipinski definition) is 4. The number of piperazine rings is 1. The Morgan fingerprint density at radius 3 is 2.58 bits per heavy atom. The van der Waals surface area contributed by atoms with Gasteiger partial charge in [-0.05, 0) is 37.6 Å². The Kier molecular flexibility index (Phi) is 5.35. The zero-order chi connectivity index (χ0) is 18.7. The van der Waals surface area contributed by atoms with E-state index in [9.17, 15) is 13.6 Å². The van der Waals surface area contributed by atoms with Crippen molar-refractivity contribution in [2.24, 2.45) is 0 Å². The van der Waals surface area contributed by atoms with Gasteiger partial charge in [-0.25, -0.2) is 8.78 Å². The summed E-state index contributed by atoms with van der Waals surface area (Å²) >= 11 is 0. The van der Waals surface area contributed by atoms with Crippen LogP contribution in [-0.4, -0.2) is 48.1 Å². The van der Waals surface area contributed by atoms with E-state index in [4.69, 9.17) is 4.74 Å². The molecule has 0 radical (unpaired) electrons. The Bertz CT molecular complexity index is 792. The zero-order valence-electron chi connectivity index (χ0n) is 14.8. The van der Waals surface area contributed by atoms with Gasteiger partial charge in [0.25, 0.3) is 5.91 Å². The van der Waals surface area contributed by atoms with E-state index in [1.54, 1.807) is 18.0 Å². The minimum Gasteiger partial charge on any atom is -0.478 e. The van der Waals surface area contributed by atoms with Gasteiger partial charge in [-0.1, -0.05) is 0 Å². The number of nitrogens with zero attached hydrogens (tertiary/aromatic N) is 3. The number of carbonyl (C=O) groups is 1. The van der Waals surface area contributed by atoms with Gasteiger partial charge in [-0.3, -0.25) is 9.78 Å². The van der Waals surface area contributed by atoms with E-state index in [0.717, 1.165) is 23.4 Å². The molecule has 2 heterocycles. The van der Waals surface area contributed by atoms with E-state index in [0.29, 0.717) is 26.2 Å². The summed E-state index contributed by atoms with van der Waals surface area (Å²) in [5.41, 5.74) is 2.21. The van der Waals surface area contributed by atoms with Crippen LogP contribution in [0.3, 0.4) is 0 Å². The summed E-state index contributed by atoms with van der Waals surface area (Å²) in [6, 6.07) is 5.00. The first-order chi connectivity index (χ1) is 12.5. The Hall–Kier alpha value is -2.70. The Morgan fingerprint density at radius 2 is 1.92 bits per heavy atom. The number of ether oxygens (including phenoxy) is 1. The van der Waals surface area contributed by atoms with E-state index < -0.39 is 17.7 Å². The number of amides is 1. The van der Waals surface area contributed by atoms with Gasteiger partial charge in [-0.2, -0.15) is 0 Å². The van der Waals surface area contributed by atoms with Crippen LogP contribution >= 0.6 is 0 Å². The molecule has 1 fully saturated rings. The van der Waals surface area contributed by atoms with Crippen LogP contribution in [0.2, 0.25) is 0 Å². The lowest BCUT2D eigenvalue weighted by Crippen LogP contribution is -2.52. The lowest BCUT2D eigenvalue weighted by Gasteiger charge is -2.37. The standard InChI is InChI=1S/C19H21F2N3O2/c1-13-12-22-6-5-17(13)23-7-9-24(10-8-23)19(25)14(2)26-18-4-3-15(20)11-16(18)21/h3-6,11-12,14H,7-10H2,1-2H3. The molecule has 1 saturated heterocycles. The Labute approximate surface area is 151 Å². The number of aryl methyl sites for hydroxylation is 1. The first-order valence-corrected chi connectivity index (χ1v) is 8.52. The molecule has 0 N–H and O–H groups in total. The number of anilines is 1. The average Bonchev–Trinajstić information content (AvgIpc) is 2.64. The quantitative estimate of drug-likeness (QED) is 0.840. The van der Waals surface area contributed by atoms with Crippen LogP contribution in [0.4, 0.5) is 14.5 Å². The van der Waals surface area contributed by atoms with Crippen molar-refractivity contribution in [2.75, 3.05) is 31.1 Å². The molecule has 0 saturated carbocycles. The van der Waals surface area contributed by atoms with E-state index in [1.807, 2.05) is 19.2 Å². The van der Waals surface area contributed by atoms with Crippen molar-refractivity contribution < 1.29 is 18.3 Å². The second-order valence-electron chi connectivity index (χ2n) is 6.31. The SMILES string of the molecule is Cc1cnccc1N1CCN(C(=O)C(C)Oc2ccc(F)cc2F)CC1. The number of aromatic nitrogens is 1. The van der Waals surface area contributed by atoms with E-state index in [1.165, 1.54) is 6.07 Å². The van der Waals surface area contributed by atoms with E-state index in [-0.39, 0.29) is 11.7 Å². The third kappa shape index (κ3) is 3.92. The van der Waals surface area contributed by atoms with Crippen molar-refractivity contribution in [3.63, 3.8) is 0 Å². The molecule has 0 bridgehead atoms. The van der Waals surface area contributed by atoms with Gasteiger partial charge in [0, 0.05) is 50.3 Å². The predicted molar refractivity (Wildman–Crippen MR) is 94.2 cm³/mol. The van der Waals surface area contributed by atoms with E-state index >= 15 is 0 Å². The van der Waals surface area contributed by atoms with Crippen molar-refractivity contribution in [1.82, 2.24) is 9.88 Å². The number of halogens is 2. The first kappa shape index (κ1) is 18.1. The van der Waals surface area contributed by atoms with Crippen molar-refractivity contribution in [3.05, 3.63) is 53.9 Å². The van der Waals surface area contributed by atoms with Crippen LogP contribution in [0.25, 0.3) is 0 Å². The van der Waals surface area contributed by atoms with Gasteiger partial charge in [0.15, 0.2) is 17.7 Å². The summed E-state index contributed by atoms with van der Waals surface area (Å²) in [5.74, 6) is -1.84. The summed E-state index contributed by atoms with van der Waals surface area (Å²) in [7, 11) is 0. The molecule has 1 aliphatic rings. The molecular formula is C19H21F2N3O2. The summed E-state index contributed by atoms with van der Waals surface area (Å²) in [5, 5.41) is 0. The normalized spacial score (nSPS) is 15.7. The van der Waals surface area contributed by atoms with Crippen LogP contribution in [0.15, 0.2) is 36.7 Å². The molecule has 0 aliphatic carbocycles. The smallest absolute Gasteiger partial charge is 0.263 e. The topological polar surface area (TPSA) is 45.7 Å². The first-order valence-electron chi connectivity index (χ1n) is 8.52. The number of benzene rings is 1. The van der Waals surface area contributed by atoms with Crippen molar-refractivity contribution in [2.45, 2.75) is 20.0 Å². The highest BCUT2D eigenvalue weighted by molar-refractivity contribution is 5.81. The summed E-state index contributed by atoms with van der Waals surface area (Å²) < 4.78 is 32.0. The van der Waals surface area contributed by atoms with Gasteiger partial charge in [0.05, 0.1) is 0 Å². The number of rotatable bonds is 4. The van der Waals surface area contributed by atoms with Gasteiger partial charge >= 0.3 is 0 Å². The number of carbonyl (C=O) groups excluding carboxylic acids is 1. The maximum atomic E-state index is 13.7. The second-order valence-corrected chi connectivity index (χ2v) is 6.31. The molecule has 3 rings (SSSR count). The minimum atomic E-state index is -0.843. The van der Waals surface area contributed by atoms with Gasteiger partial charge < -0.3 is 14.5 Å². The van der Waals surface area contributed by atoms with Gasteiger partial charge in [0.2, 0.25) is 0 Å². The molecule has 26 heavy (non-hydrogen) atoms. The number of pyridine rings is 1. The average molecular weight is 361 g/mol. The molecule has 1 unspecified atom stereocenters. The third-order valence-electron chi connectivity index (χ3n) is 4.47. The van der Waals surface area contributed by atoms with Crippen LogP contribution in [0.5, 0.6) is 5.75 Å². The maximum absolute atomic E-state index is 13.7.